The lowest BCUT2D eigenvalue weighted by Crippen LogP contribution is -2.10. The predicted octanol–water partition coefficient (Wildman–Crippen LogP) is 2.95. The summed E-state index contributed by atoms with van der Waals surface area (Å²) in [6.07, 6.45) is 0.487. The summed E-state index contributed by atoms with van der Waals surface area (Å²) in [6.45, 7) is 0. The van der Waals surface area contributed by atoms with Crippen LogP contribution in [0.2, 0.25) is 5.02 Å². The lowest BCUT2D eigenvalue weighted by atomic mass is 10.1. The summed E-state index contributed by atoms with van der Waals surface area (Å²) >= 11 is 15.1. The molecule has 0 bridgehead atoms. The number of hydrogen-bond acceptors (Lipinski definition) is 1. The number of benzene rings is 1. The van der Waals surface area contributed by atoms with Gasteiger partial charge in [0.25, 0.3) is 0 Å². The van der Waals surface area contributed by atoms with E-state index in [0.29, 0.717) is 11.4 Å². The van der Waals surface area contributed by atoms with Gasteiger partial charge in [-0.3, -0.25) is 4.79 Å². The molecule has 1 unspecified atom stereocenters. The molecule has 1 nitrogen and oxygen atoms in total. The lowest BCUT2D eigenvalue weighted by Gasteiger charge is -2.04. The molecule has 0 radical (unpaired) electrons. The van der Waals surface area contributed by atoms with Crippen LogP contribution in [0.5, 0.6) is 0 Å². The second-order valence-corrected chi connectivity index (χ2v) is 4.04. The maximum absolute atomic E-state index is 10.7. The Morgan fingerprint density at radius 3 is 2.38 bits per heavy atom. The van der Waals surface area contributed by atoms with Crippen LogP contribution >= 0.6 is 35.8 Å². The van der Waals surface area contributed by atoms with E-state index in [2.05, 4.69) is 12.6 Å². The molecular formula is C9H8Cl2OS. The van der Waals surface area contributed by atoms with E-state index >= 15 is 0 Å². The van der Waals surface area contributed by atoms with Gasteiger partial charge in [0, 0.05) is 5.02 Å². The van der Waals surface area contributed by atoms with Crippen molar-refractivity contribution in [2.75, 3.05) is 0 Å². The molecule has 4 heteroatoms. The van der Waals surface area contributed by atoms with Crippen LogP contribution in [0, 0.1) is 0 Å². The fourth-order valence-electron chi connectivity index (χ4n) is 0.915. The van der Waals surface area contributed by atoms with Crippen molar-refractivity contribution in [2.24, 2.45) is 0 Å². The van der Waals surface area contributed by atoms with Crippen molar-refractivity contribution in [2.45, 2.75) is 11.8 Å². The van der Waals surface area contributed by atoms with Gasteiger partial charge < -0.3 is 0 Å². The highest BCUT2D eigenvalue weighted by Crippen LogP contribution is 2.14. The molecular weight excluding hydrogens is 227 g/mol. The molecule has 0 fully saturated rings. The monoisotopic (exact) mass is 234 g/mol. The molecule has 1 atom stereocenters. The molecule has 1 rings (SSSR count). The van der Waals surface area contributed by atoms with E-state index in [9.17, 15) is 4.79 Å². The Balaban J connectivity index is 2.64. The van der Waals surface area contributed by atoms with Crippen LogP contribution in [0.3, 0.4) is 0 Å². The zero-order chi connectivity index (χ0) is 9.84. The number of thiol groups is 1. The average molecular weight is 235 g/mol. The molecule has 0 aliphatic rings. The van der Waals surface area contributed by atoms with Gasteiger partial charge in [-0.15, -0.1) is 24.2 Å². The molecule has 0 saturated heterocycles. The highest BCUT2D eigenvalue weighted by molar-refractivity contribution is 7.97. The Morgan fingerprint density at radius 1 is 1.38 bits per heavy atom. The van der Waals surface area contributed by atoms with Gasteiger partial charge in [0.15, 0.2) is 0 Å². The lowest BCUT2D eigenvalue weighted by molar-refractivity contribution is -0.110. The second-order valence-electron chi connectivity index (χ2n) is 2.64. The van der Waals surface area contributed by atoms with Gasteiger partial charge in [-0.1, -0.05) is 23.7 Å². The van der Waals surface area contributed by atoms with Crippen molar-refractivity contribution < 1.29 is 4.79 Å². The van der Waals surface area contributed by atoms with Gasteiger partial charge in [-0.2, -0.15) is 0 Å². The highest BCUT2D eigenvalue weighted by atomic mass is 35.5. The van der Waals surface area contributed by atoms with Crippen molar-refractivity contribution in [1.29, 1.82) is 0 Å². The molecule has 0 N–H and O–H groups in total. The number of alkyl halides is 1. The first-order valence-electron chi connectivity index (χ1n) is 3.71. The topological polar surface area (TPSA) is 17.1 Å². The smallest absolute Gasteiger partial charge is 0.204 e. The Labute approximate surface area is 92.4 Å². The maximum Gasteiger partial charge on any atom is 0.204 e. The fourth-order valence-corrected chi connectivity index (χ4v) is 1.31. The number of hydrogen-bond donors (Lipinski definition) is 1. The first-order valence-corrected chi connectivity index (χ1v) is 4.97. The van der Waals surface area contributed by atoms with Crippen LogP contribution < -0.4 is 0 Å². The third kappa shape index (κ3) is 3.59. The molecule has 0 heterocycles. The maximum atomic E-state index is 10.7. The first kappa shape index (κ1) is 10.9. The summed E-state index contributed by atoms with van der Waals surface area (Å²) in [5, 5.41) is -0.201. The highest BCUT2D eigenvalue weighted by Gasteiger charge is 2.11. The van der Waals surface area contributed by atoms with Crippen molar-refractivity contribution in [1.82, 2.24) is 0 Å². The van der Waals surface area contributed by atoms with Crippen LogP contribution in [0.4, 0.5) is 0 Å². The van der Waals surface area contributed by atoms with Gasteiger partial charge in [-0.05, 0) is 24.1 Å². The van der Waals surface area contributed by atoms with Gasteiger partial charge in [-0.25, -0.2) is 0 Å². The normalized spacial score (nSPS) is 12.5. The molecule has 0 aliphatic carbocycles. The Morgan fingerprint density at radius 2 is 1.92 bits per heavy atom. The van der Waals surface area contributed by atoms with Crippen molar-refractivity contribution >= 4 is 40.9 Å². The van der Waals surface area contributed by atoms with Crippen molar-refractivity contribution in [3.63, 3.8) is 0 Å². The fraction of sp³-hybridized carbons (Fsp3) is 0.222. The van der Waals surface area contributed by atoms with E-state index < -0.39 is 5.38 Å². The van der Waals surface area contributed by atoms with Crippen molar-refractivity contribution in [3.05, 3.63) is 34.9 Å². The van der Waals surface area contributed by atoms with Crippen LogP contribution in [0.25, 0.3) is 0 Å². The minimum atomic E-state index is -0.565. The molecule has 1 aromatic rings. The summed E-state index contributed by atoms with van der Waals surface area (Å²) in [4.78, 5) is 10.7. The molecule has 0 spiro atoms. The van der Waals surface area contributed by atoms with Crippen LogP contribution in [0.15, 0.2) is 24.3 Å². The summed E-state index contributed by atoms with van der Waals surface area (Å²) in [7, 11) is 0. The van der Waals surface area contributed by atoms with E-state index in [1.165, 1.54) is 0 Å². The third-order valence-electron chi connectivity index (χ3n) is 1.60. The first-order chi connectivity index (χ1) is 6.09. The minimum Gasteiger partial charge on any atom is -0.286 e. The molecule has 0 saturated carbocycles. The number of halogens is 2. The molecule has 0 amide bonds. The van der Waals surface area contributed by atoms with E-state index in [0.717, 1.165) is 5.56 Å². The third-order valence-corrected chi connectivity index (χ3v) is 2.66. The Hall–Kier alpha value is -0.180. The Kier molecular flexibility index (Phi) is 4.10. The quantitative estimate of drug-likeness (QED) is 0.629. The van der Waals surface area contributed by atoms with Gasteiger partial charge in [0.1, 0.15) is 5.38 Å². The minimum absolute atomic E-state index is 0.309. The SMILES string of the molecule is O=C(S)C(Cl)Cc1ccc(Cl)cc1. The van der Waals surface area contributed by atoms with Gasteiger partial charge in [0.2, 0.25) is 5.12 Å². The Bertz CT molecular complexity index is 297. The van der Waals surface area contributed by atoms with Crippen LogP contribution in [0.1, 0.15) is 5.56 Å². The standard InChI is InChI=1S/C9H8Cl2OS/c10-7-3-1-6(2-4-7)5-8(11)9(12)13/h1-4,8H,5H2,(H,12,13). The largest absolute Gasteiger partial charge is 0.286 e. The number of carbonyl (C=O) groups is 1. The van der Waals surface area contributed by atoms with Gasteiger partial charge in [0.05, 0.1) is 0 Å². The predicted molar refractivity (Wildman–Crippen MR) is 58.8 cm³/mol. The zero-order valence-electron chi connectivity index (χ0n) is 6.71. The summed E-state index contributed by atoms with van der Waals surface area (Å²) < 4.78 is 0. The van der Waals surface area contributed by atoms with Crippen LogP contribution in [-0.2, 0) is 11.2 Å². The molecule has 13 heavy (non-hydrogen) atoms. The summed E-state index contributed by atoms with van der Waals surface area (Å²) in [6, 6.07) is 7.22. The molecule has 0 aromatic heterocycles. The molecule has 70 valence electrons. The molecule has 1 aromatic carbocycles. The number of carbonyl (C=O) groups excluding carboxylic acids is 1. The van der Waals surface area contributed by atoms with E-state index in [1.54, 1.807) is 12.1 Å². The van der Waals surface area contributed by atoms with E-state index in [4.69, 9.17) is 23.2 Å². The number of rotatable bonds is 3. The molecule has 0 aliphatic heterocycles. The zero-order valence-corrected chi connectivity index (χ0v) is 9.11. The second kappa shape index (κ2) is 4.89. The van der Waals surface area contributed by atoms with Crippen molar-refractivity contribution in [3.8, 4) is 0 Å². The van der Waals surface area contributed by atoms with E-state index in [1.807, 2.05) is 12.1 Å². The van der Waals surface area contributed by atoms with E-state index in [-0.39, 0.29) is 5.12 Å². The summed E-state index contributed by atoms with van der Waals surface area (Å²) in [5.41, 5.74) is 0.979. The summed E-state index contributed by atoms with van der Waals surface area (Å²) in [5.74, 6) is 0. The van der Waals surface area contributed by atoms with Crippen LogP contribution in [-0.4, -0.2) is 10.5 Å². The average Bonchev–Trinajstić information content (AvgIpc) is 2.08. The van der Waals surface area contributed by atoms with Gasteiger partial charge >= 0.3 is 0 Å².